The maximum Gasteiger partial charge on any atom is 0.107 e. The summed E-state index contributed by atoms with van der Waals surface area (Å²) in [5.74, 6) is 0. The number of benzene rings is 2. The molecule has 90 valence electrons. The normalized spacial score (nSPS) is 12.8. The van der Waals surface area contributed by atoms with E-state index in [0.29, 0.717) is 0 Å². The first kappa shape index (κ1) is 11.0. The zero-order chi connectivity index (χ0) is 12.5. The Labute approximate surface area is 105 Å². The number of hydrogen-bond acceptors (Lipinski definition) is 2. The van der Waals surface area contributed by atoms with E-state index in [1.165, 1.54) is 5.39 Å². The monoisotopic (exact) mass is 238 g/mol. The maximum absolute atomic E-state index is 10.3. The number of aliphatic hydroxyl groups is 1. The van der Waals surface area contributed by atoms with Crippen LogP contribution in [0.4, 0.5) is 0 Å². The van der Waals surface area contributed by atoms with Crippen molar-refractivity contribution in [2.75, 3.05) is 0 Å². The molecule has 0 fully saturated rings. The summed E-state index contributed by atoms with van der Waals surface area (Å²) in [6, 6.07) is 14.1. The Bertz CT molecular complexity index is 688. The molecule has 1 atom stereocenters. The third-order valence-electron chi connectivity index (χ3n) is 3.13. The quantitative estimate of drug-likeness (QED) is 0.745. The number of rotatable bonds is 2. The van der Waals surface area contributed by atoms with Crippen LogP contribution in [-0.2, 0) is 7.05 Å². The van der Waals surface area contributed by atoms with Gasteiger partial charge in [-0.2, -0.15) is 5.10 Å². The topological polar surface area (TPSA) is 38.0 Å². The van der Waals surface area contributed by atoms with Gasteiger partial charge in [-0.25, -0.2) is 0 Å². The molecule has 3 rings (SSSR count). The maximum atomic E-state index is 10.3. The third-order valence-corrected chi connectivity index (χ3v) is 3.13. The van der Waals surface area contributed by atoms with Crippen LogP contribution in [0.1, 0.15) is 17.2 Å². The zero-order valence-corrected chi connectivity index (χ0v) is 10.1. The van der Waals surface area contributed by atoms with Crippen molar-refractivity contribution >= 4 is 10.8 Å². The summed E-state index contributed by atoms with van der Waals surface area (Å²) in [5.41, 5.74) is 1.70. The fourth-order valence-corrected chi connectivity index (χ4v) is 2.15. The van der Waals surface area contributed by atoms with Crippen molar-refractivity contribution in [1.82, 2.24) is 9.78 Å². The van der Waals surface area contributed by atoms with Gasteiger partial charge >= 0.3 is 0 Å². The van der Waals surface area contributed by atoms with E-state index in [1.54, 1.807) is 10.9 Å². The van der Waals surface area contributed by atoms with Gasteiger partial charge in [0.1, 0.15) is 6.10 Å². The van der Waals surface area contributed by atoms with Gasteiger partial charge in [-0.15, -0.1) is 0 Å². The van der Waals surface area contributed by atoms with E-state index in [-0.39, 0.29) is 0 Å². The standard InChI is InChI=1S/C15H14N2O/c1-17-10-14(9-16-17)15(18)13-7-6-11-4-2-3-5-12(11)8-13/h2-10,15,18H,1H3. The minimum atomic E-state index is -0.622. The highest BCUT2D eigenvalue weighted by molar-refractivity contribution is 5.83. The van der Waals surface area contributed by atoms with Crippen molar-refractivity contribution in [2.24, 2.45) is 7.05 Å². The second-order valence-electron chi connectivity index (χ2n) is 4.46. The first-order chi connectivity index (χ1) is 8.74. The van der Waals surface area contributed by atoms with Crippen LogP contribution in [-0.4, -0.2) is 14.9 Å². The van der Waals surface area contributed by atoms with Crippen LogP contribution in [0.2, 0.25) is 0 Å². The Kier molecular flexibility index (Phi) is 2.61. The van der Waals surface area contributed by atoms with E-state index >= 15 is 0 Å². The smallest absolute Gasteiger partial charge is 0.107 e. The molecular weight excluding hydrogens is 224 g/mol. The van der Waals surface area contributed by atoms with Gasteiger partial charge in [-0.1, -0.05) is 36.4 Å². The van der Waals surface area contributed by atoms with Crippen molar-refractivity contribution < 1.29 is 5.11 Å². The minimum absolute atomic E-state index is 0.622. The van der Waals surface area contributed by atoms with Crippen molar-refractivity contribution in [3.05, 3.63) is 66.0 Å². The largest absolute Gasteiger partial charge is 0.384 e. The molecule has 0 bridgehead atoms. The van der Waals surface area contributed by atoms with Gasteiger partial charge in [0.25, 0.3) is 0 Å². The van der Waals surface area contributed by atoms with Gasteiger partial charge in [0.05, 0.1) is 6.20 Å². The number of hydrogen-bond donors (Lipinski definition) is 1. The van der Waals surface area contributed by atoms with E-state index in [2.05, 4.69) is 17.2 Å². The van der Waals surface area contributed by atoms with Gasteiger partial charge in [0.15, 0.2) is 0 Å². The van der Waals surface area contributed by atoms with Gasteiger partial charge in [0.2, 0.25) is 0 Å². The molecule has 0 radical (unpaired) electrons. The zero-order valence-electron chi connectivity index (χ0n) is 10.1. The Morgan fingerprint density at radius 1 is 1.06 bits per heavy atom. The molecule has 1 aromatic heterocycles. The predicted octanol–water partition coefficient (Wildman–Crippen LogP) is 2.66. The van der Waals surface area contributed by atoms with Crippen LogP contribution < -0.4 is 0 Å². The van der Waals surface area contributed by atoms with Gasteiger partial charge in [-0.3, -0.25) is 4.68 Å². The number of fused-ring (bicyclic) bond motifs is 1. The summed E-state index contributed by atoms with van der Waals surface area (Å²) in [4.78, 5) is 0. The Morgan fingerprint density at radius 3 is 2.56 bits per heavy atom. The summed E-state index contributed by atoms with van der Waals surface area (Å²) in [7, 11) is 1.84. The molecule has 0 aliphatic rings. The van der Waals surface area contributed by atoms with E-state index in [4.69, 9.17) is 0 Å². The second-order valence-corrected chi connectivity index (χ2v) is 4.46. The Hall–Kier alpha value is -2.13. The highest BCUT2D eigenvalue weighted by Gasteiger charge is 2.12. The van der Waals surface area contributed by atoms with E-state index in [0.717, 1.165) is 16.5 Å². The van der Waals surface area contributed by atoms with E-state index in [9.17, 15) is 5.11 Å². The molecule has 1 N–H and O–H groups in total. The molecule has 0 aliphatic heterocycles. The summed E-state index contributed by atoms with van der Waals surface area (Å²) in [6.45, 7) is 0. The first-order valence-corrected chi connectivity index (χ1v) is 5.89. The molecular formula is C15H14N2O. The molecule has 2 aromatic carbocycles. The summed E-state index contributed by atoms with van der Waals surface area (Å²) < 4.78 is 1.69. The molecule has 0 spiro atoms. The van der Waals surface area contributed by atoms with Gasteiger partial charge in [-0.05, 0) is 22.4 Å². The molecule has 1 heterocycles. The molecule has 1 unspecified atom stereocenters. The van der Waals surface area contributed by atoms with Crippen LogP contribution in [0.5, 0.6) is 0 Å². The van der Waals surface area contributed by atoms with Gasteiger partial charge in [0, 0.05) is 18.8 Å². The lowest BCUT2D eigenvalue weighted by Gasteiger charge is -2.09. The Balaban J connectivity index is 2.03. The lowest BCUT2D eigenvalue weighted by atomic mass is 10.0. The van der Waals surface area contributed by atoms with E-state index in [1.807, 2.05) is 43.6 Å². The molecule has 0 amide bonds. The fraction of sp³-hybridized carbons (Fsp3) is 0.133. The van der Waals surface area contributed by atoms with Crippen molar-refractivity contribution in [1.29, 1.82) is 0 Å². The summed E-state index contributed by atoms with van der Waals surface area (Å²) in [6.07, 6.45) is 2.91. The molecule has 18 heavy (non-hydrogen) atoms. The van der Waals surface area contributed by atoms with Crippen LogP contribution in [0.3, 0.4) is 0 Å². The number of aromatic nitrogens is 2. The predicted molar refractivity (Wildman–Crippen MR) is 71.2 cm³/mol. The average Bonchev–Trinajstić information content (AvgIpc) is 2.84. The number of nitrogens with zero attached hydrogens (tertiary/aromatic N) is 2. The summed E-state index contributed by atoms with van der Waals surface area (Å²) >= 11 is 0. The van der Waals surface area contributed by atoms with Crippen molar-refractivity contribution in [3.8, 4) is 0 Å². The van der Waals surface area contributed by atoms with Crippen molar-refractivity contribution in [3.63, 3.8) is 0 Å². The first-order valence-electron chi connectivity index (χ1n) is 5.89. The highest BCUT2D eigenvalue weighted by Crippen LogP contribution is 2.24. The third kappa shape index (κ3) is 1.89. The minimum Gasteiger partial charge on any atom is -0.384 e. The molecule has 0 saturated carbocycles. The lowest BCUT2D eigenvalue weighted by Crippen LogP contribution is -1.98. The number of aliphatic hydroxyl groups excluding tert-OH is 1. The highest BCUT2D eigenvalue weighted by atomic mass is 16.3. The molecule has 3 nitrogen and oxygen atoms in total. The average molecular weight is 238 g/mol. The van der Waals surface area contributed by atoms with Crippen LogP contribution in [0, 0.1) is 0 Å². The van der Waals surface area contributed by atoms with Crippen LogP contribution >= 0.6 is 0 Å². The van der Waals surface area contributed by atoms with Gasteiger partial charge < -0.3 is 5.11 Å². The van der Waals surface area contributed by atoms with Crippen LogP contribution in [0.15, 0.2) is 54.9 Å². The molecule has 0 saturated heterocycles. The fourth-order valence-electron chi connectivity index (χ4n) is 2.15. The lowest BCUT2D eigenvalue weighted by molar-refractivity contribution is 0.220. The van der Waals surface area contributed by atoms with Crippen molar-refractivity contribution in [2.45, 2.75) is 6.10 Å². The molecule has 0 aliphatic carbocycles. The second kappa shape index (κ2) is 4.27. The Morgan fingerprint density at radius 2 is 1.83 bits per heavy atom. The number of aryl methyl sites for hydroxylation is 1. The van der Waals surface area contributed by atoms with Crippen LogP contribution in [0.25, 0.3) is 10.8 Å². The molecule has 3 heteroatoms. The molecule has 3 aromatic rings. The SMILES string of the molecule is Cn1cc(C(O)c2ccc3ccccc3c2)cn1. The summed E-state index contributed by atoms with van der Waals surface area (Å²) in [5, 5.41) is 16.7. The van der Waals surface area contributed by atoms with E-state index < -0.39 is 6.10 Å².